The first-order valence-electron chi connectivity index (χ1n) is 5.07. The molecule has 2 aliphatic rings. The van der Waals surface area contributed by atoms with Crippen molar-refractivity contribution >= 4 is 0 Å². The third kappa shape index (κ3) is 1.11. The van der Waals surface area contributed by atoms with E-state index in [2.05, 4.69) is 36.0 Å². The van der Waals surface area contributed by atoms with Gasteiger partial charge in [-0.1, -0.05) is 24.3 Å². The largest absolute Gasteiger partial charge is 0.316 e. The third-order valence-electron chi connectivity index (χ3n) is 3.36. The van der Waals surface area contributed by atoms with E-state index in [1.54, 1.807) is 11.1 Å². The standard InChI is InChI=1S/C12H14N/c1-2-4-11-9(3-1)7-10-5-6-13-8-12(10)11/h1-5,10,12-13H,6-8H2. The van der Waals surface area contributed by atoms with Crippen LogP contribution in [-0.4, -0.2) is 13.1 Å². The number of rotatable bonds is 0. The Kier molecular flexibility index (Phi) is 1.66. The van der Waals surface area contributed by atoms with E-state index < -0.39 is 0 Å². The van der Waals surface area contributed by atoms with Crippen LogP contribution in [0.4, 0.5) is 0 Å². The molecule has 1 aromatic rings. The Labute approximate surface area is 79.2 Å². The molecule has 0 amide bonds. The summed E-state index contributed by atoms with van der Waals surface area (Å²) in [5, 5.41) is 3.44. The van der Waals surface area contributed by atoms with Gasteiger partial charge < -0.3 is 5.32 Å². The molecule has 0 saturated carbocycles. The number of piperidine rings is 1. The Morgan fingerprint density at radius 1 is 1.23 bits per heavy atom. The van der Waals surface area contributed by atoms with Gasteiger partial charge >= 0.3 is 0 Å². The zero-order valence-corrected chi connectivity index (χ0v) is 7.66. The van der Waals surface area contributed by atoms with Crippen molar-refractivity contribution in [3.05, 3.63) is 41.8 Å². The second kappa shape index (κ2) is 2.85. The minimum Gasteiger partial charge on any atom is -0.316 e. The van der Waals surface area contributed by atoms with Crippen LogP contribution in [0.15, 0.2) is 24.3 Å². The van der Waals surface area contributed by atoms with Crippen molar-refractivity contribution in [1.29, 1.82) is 0 Å². The highest BCUT2D eigenvalue weighted by Crippen LogP contribution is 2.39. The molecular formula is C12H14N. The van der Waals surface area contributed by atoms with Crippen LogP contribution in [0.2, 0.25) is 0 Å². The third-order valence-corrected chi connectivity index (χ3v) is 3.36. The minimum absolute atomic E-state index is 0.755. The fraction of sp³-hybridized carbons (Fsp3) is 0.417. The zero-order chi connectivity index (χ0) is 8.67. The van der Waals surface area contributed by atoms with E-state index in [0.29, 0.717) is 0 Å². The Morgan fingerprint density at radius 2 is 2.15 bits per heavy atom. The van der Waals surface area contributed by atoms with Crippen LogP contribution in [0, 0.1) is 12.3 Å². The number of benzene rings is 1. The average molecular weight is 172 g/mol. The highest BCUT2D eigenvalue weighted by atomic mass is 14.9. The summed E-state index contributed by atoms with van der Waals surface area (Å²) in [6, 6.07) is 8.89. The van der Waals surface area contributed by atoms with Gasteiger partial charge in [0.1, 0.15) is 0 Å². The van der Waals surface area contributed by atoms with Crippen molar-refractivity contribution in [1.82, 2.24) is 5.32 Å². The summed E-state index contributed by atoms with van der Waals surface area (Å²) in [7, 11) is 0. The summed E-state index contributed by atoms with van der Waals surface area (Å²) in [6.45, 7) is 2.26. The molecule has 1 fully saturated rings. The lowest BCUT2D eigenvalue weighted by atomic mass is 9.87. The molecule has 1 heterocycles. The van der Waals surface area contributed by atoms with Crippen LogP contribution in [0.5, 0.6) is 0 Å². The van der Waals surface area contributed by atoms with E-state index in [1.807, 2.05) is 0 Å². The Bertz CT molecular complexity index is 319. The molecule has 1 aromatic carbocycles. The zero-order valence-electron chi connectivity index (χ0n) is 7.66. The van der Waals surface area contributed by atoms with Crippen molar-refractivity contribution in [2.45, 2.75) is 12.3 Å². The number of nitrogens with one attached hydrogen (secondary N) is 1. The highest BCUT2D eigenvalue weighted by molar-refractivity contribution is 5.38. The first-order chi connectivity index (χ1) is 6.45. The van der Waals surface area contributed by atoms with E-state index in [0.717, 1.165) is 24.9 Å². The van der Waals surface area contributed by atoms with Gasteiger partial charge in [0.2, 0.25) is 0 Å². The molecule has 0 spiro atoms. The molecule has 1 N–H and O–H groups in total. The van der Waals surface area contributed by atoms with Crippen molar-refractivity contribution in [2.75, 3.05) is 13.1 Å². The van der Waals surface area contributed by atoms with Gasteiger partial charge in [-0.05, 0) is 36.4 Å². The second-order valence-corrected chi connectivity index (χ2v) is 4.07. The number of hydrogen-bond acceptors (Lipinski definition) is 1. The molecule has 2 unspecified atom stereocenters. The molecule has 3 rings (SSSR count). The fourth-order valence-electron chi connectivity index (χ4n) is 2.69. The van der Waals surface area contributed by atoms with E-state index in [9.17, 15) is 0 Å². The molecular weight excluding hydrogens is 158 g/mol. The van der Waals surface area contributed by atoms with Crippen molar-refractivity contribution in [3.63, 3.8) is 0 Å². The highest BCUT2D eigenvalue weighted by Gasteiger charge is 2.33. The van der Waals surface area contributed by atoms with E-state index in [-0.39, 0.29) is 0 Å². The molecule has 1 radical (unpaired) electrons. The molecule has 67 valence electrons. The maximum Gasteiger partial charge on any atom is 0.00232 e. The Hall–Kier alpha value is -0.820. The summed E-state index contributed by atoms with van der Waals surface area (Å²) in [4.78, 5) is 0. The first kappa shape index (κ1) is 7.57. The molecule has 1 aliphatic carbocycles. The summed E-state index contributed by atoms with van der Waals surface area (Å²) < 4.78 is 0. The summed E-state index contributed by atoms with van der Waals surface area (Å²) >= 11 is 0. The Balaban J connectivity index is 2.01. The van der Waals surface area contributed by atoms with E-state index >= 15 is 0 Å². The van der Waals surface area contributed by atoms with Crippen molar-refractivity contribution in [2.24, 2.45) is 5.92 Å². The molecule has 1 nitrogen and oxygen atoms in total. The molecule has 1 saturated heterocycles. The number of hydrogen-bond donors (Lipinski definition) is 1. The quantitative estimate of drug-likeness (QED) is 0.628. The van der Waals surface area contributed by atoms with Gasteiger partial charge in [0.15, 0.2) is 0 Å². The van der Waals surface area contributed by atoms with Crippen molar-refractivity contribution < 1.29 is 0 Å². The summed E-state index contributed by atoms with van der Waals surface area (Å²) in [5.74, 6) is 1.56. The van der Waals surface area contributed by atoms with Crippen LogP contribution in [0.3, 0.4) is 0 Å². The van der Waals surface area contributed by atoms with Crippen LogP contribution >= 0.6 is 0 Å². The van der Waals surface area contributed by atoms with Crippen molar-refractivity contribution in [3.8, 4) is 0 Å². The topological polar surface area (TPSA) is 12.0 Å². The summed E-state index contributed by atoms with van der Waals surface area (Å²) in [6.07, 6.45) is 3.71. The van der Waals surface area contributed by atoms with Crippen LogP contribution in [0.25, 0.3) is 0 Å². The molecule has 2 atom stereocenters. The second-order valence-electron chi connectivity index (χ2n) is 4.07. The summed E-state index contributed by atoms with van der Waals surface area (Å²) in [5.41, 5.74) is 3.15. The average Bonchev–Trinajstić information content (AvgIpc) is 2.56. The molecule has 1 aliphatic heterocycles. The SMILES string of the molecule is [CH]1CNCC2c3ccccc3CC12. The van der Waals surface area contributed by atoms with Gasteiger partial charge in [-0.3, -0.25) is 0 Å². The smallest absolute Gasteiger partial charge is 0.00232 e. The van der Waals surface area contributed by atoms with Gasteiger partial charge in [-0.2, -0.15) is 0 Å². The molecule has 0 bridgehead atoms. The number of fused-ring (bicyclic) bond motifs is 3. The normalized spacial score (nSPS) is 31.1. The lowest BCUT2D eigenvalue weighted by Gasteiger charge is -2.26. The van der Waals surface area contributed by atoms with Crippen LogP contribution < -0.4 is 5.32 Å². The van der Waals surface area contributed by atoms with E-state index in [1.165, 1.54) is 6.42 Å². The minimum atomic E-state index is 0.755. The maximum absolute atomic E-state index is 3.44. The monoisotopic (exact) mass is 172 g/mol. The lowest BCUT2D eigenvalue weighted by Crippen LogP contribution is -2.33. The maximum atomic E-state index is 3.44. The van der Waals surface area contributed by atoms with Crippen LogP contribution in [-0.2, 0) is 6.42 Å². The van der Waals surface area contributed by atoms with Gasteiger partial charge in [0.25, 0.3) is 0 Å². The van der Waals surface area contributed by atoms with Gasteiger partial charge in [0, 0.05) is 12.5 Å². The Morgan fingerprint density at radius 3 is 3.15 bits per heavy atom. The molecule has 0 aromatic heterocycles. The predicted octanol–water partition coefficient (Wildman–Crippen LogP) is 1.75. The first-order valence-corrected chi connectivity index (χ1v) is 5.07. The van der Waals surface area contributed by atoms with Crippen LogP contribution in [0.1, 0.15) is 17.0 Å². The van der Waals surface area contributed by atoms with Gasteiger partial charge in [0.05, 0.1) is 0 Å². The predicted molar refractivity (Wildman–Crippen MR) is 53.5 cm³/mol. The lowest BCUT2D eigenvalue weighted by molar-refractivity contribution is 0.426. The van der Waals surface area contributed by atoms with Gasteiger partial charge in [-0.15, -0.1) is 0 Å². The fourth-order valence-corrected chi connectivity index (χ4v) is 2.69. The molecule has 1 heteroatoms. The van der Waals surface area contributed by atoms with Gasteiger partial charge in [-0.25, -0.2) is 0 Å². The molecule has 13 heavy (non-hydrogen) atoms. The van der Waals surface area contributed by atoms with E-state index in [4.69, 9.17) is 0 Å².